The van der Waals surface area contributed by atoms with Gasteiger partial charge < -0.3 is 14.8 Å². The Morgan fingerprint density at radius 1 is 1.30 bits per heavy atom. The largest absolute Gasteiger partial charge is 0.338 e. The summed E-state index contributed by atoms with van der Waals surface area (Å²) in [6, 6.07) is 2.74. The van der Waals surface area contributed by atoms with E-state index in [1.807, 2.05) is 18.7 Å². The number of aromatic nitrogens is 1. The van der Waals surface area contributed by atoms with Crippen molar-refractivity contribution >= 4 is 21.8 Å². The Kier molecular flexibility index (Phi) is 4.99. The zero-order valence-electron chi connectivity index (χ0n) is 11.8. The van der Waals surface area contributed by atoms with Crippen molar-refractivity contribution in [2.24, 2.45) is 5.92 Å². The summed E-state index contributed by atoms with van der Waals surface area (Å²) < 4.78 is 2.34. The average Bonchev–Trinajstić information content (AvgIpc) is 2.43. The van der Waals surface area contributed by atoms with Gasteiger partial charge in [0.2, 0.25) is 5.91 Å². The third-order valence-corrected chi connectivity index (χ3v) is 3.98. The minimum atomic E-state index is -0.446. The fraction of sp³-hybridized carbons (Fsp3) is 0.571. The predicted molar refractivity (Wildman–Crippen MR) is 81.7 cm³/mol. The van der Waals surface area contributed by atoms with Crippen molar-refractivity contribution in [3.05, 3.63) is 33.2 Å². The molecule has 110 valence electrons. The van der Waals surface area contributed by atoms with Gasteiger partial charge in [-0.3, -0.25) is 9.59 Å². The van der Waals surface area contributed by atoms with Gasteiger partial charge in [0.15, 0.2) is 0 Å². The van der Waals surface area contributed by atoms with Gasteiger partial charge >= 0.3 is 0 Å². The third kappa shape index (κ3) is 3.30. The lowest BCUT2D eigenvalue weighted by atomic mass is 10.0. The summed E-state index contributed by atoms with van der Waals surface area (Å²) in [5.74, 6) is 0.0890. The number of piperazine rings is 1. The molecule has 1 fully saturated rings. The summed E-state index contributed by atoms with van der Waals surface area (Å²) in [4.78, 5) is 26.6. The molecule has 1 aliphatic rings. The van der Waals surface area contributed by atoms with Crippen molar-refractivity contribution < 1.29 is 4.79 Å². The Balaban J connectivity index is 2.33. The van der Waals surface area contributed by atoms with E-state index in [1.54, 1.807) is 16.8 Å². The molecule has 20 heavy (non-hydrogen) atoms. The van der Waals surface area contributed by atoms with Gasteiger partial charge in [-0.1, -0.05) is 13.8 Å². The summed E-state index contributed by atoms with van der Waals surface area (Å²) in [7, 11) is 0. The number of pyridine rings is 1. The van der Waals surface area contributed by atoms with Gasteiger partial charge in [-0.25, -0.2) is 0 Å². The van der Waals surface area contributed by atoms with Gasteiger partial charge in [0, 0.05) is 42.9 Å². The van der Waals surface area contributed by atoms with Crippen LogP contribution in [0.3, 0.4) is 0 Å². The molecule has 0 aromatic carbocycles. The summed E-state index contributed by atoms with van der Waals surface area (Å²) in [5, 5.41) is 3.23. The number of hydrogen-bond donors (Lipinski definition) is 1. The van der Waals surface area contributed by atoms with E-state index in [9.17, 15) is 9.59 Å². The van der Waals surface area contributed by atoms with Crippen molar-refractivity contribution in [3.63, 3.8) is 0 Å². The van der Waals surface area contributed by atoms with Crippen LogP contribution in [0.15, 0.2) is 27.6 Å². The first-order chi connectivity index (χ1) is 9.50. The van der Waals surface area contributed by atoms with Gasteiger partial charge in [0.05, 0.1) is 0 Å². The second-order valence-electron chi connectivity index (χ2n) is 5.36. The van der Waals surface area contributed by atoms with Crippen LogP contribution in [0.5, 0.6) is 0 Å². The van der Waals surface area contributed by atoms with Crippen LogP contribution in [-0.2, 0) is 4.79 Å². The van der Waals surface area contributed by atoms with Crippen molar-refractivity contribution in [2.45, 2.75) is 19.9 Å². The van der Waals surface area contributed by atoms with Gasteiger partial charge in [-0.2, -0.15) is 0 Å². The molecule has 6 heteroatoms. The van der Waals surface area contributed by atoms with Crippen LogP contribution >= 0.6 is 15.9 Å². The highest BCUT2D eigenvalue weighted by Crippen LogP contribution is 2.21. The van der Waals surface area contributed by atoms with E-state index in [0.717, 1.165) is 17.6 Å². The predicted octanol–water partition coefficient (Wildman–Crippen LogP) is 1.24. The van der Waals surface area contributed by atoms with E-state index < -0.39 is 6.04 Å². The number of halogens is 1. The lowest BCUT2D eigenvalue weighted by Gasteiger charge is -2.33. The molecule has 2 heterocycles. The van der Waals surface area contributed by atoms with Crippen LogP contribution in [0.1, 0.15) is 19.9 Å². The SMILES string of the molecule is CC(C)C(C(=O)N1CCNCC1)n1cc(Br)ccc1=O. The summed E-state index contributed by atoms with van der Waals surface area (Å²) in [6.45, 7) is 6.96. The highest BCUT2D eigenvalue weighted by Gasteiger charge is 2.29. The number of carbonyl (C=O) groups is 1. The van der Waals surface area contributed by atoms with Crippen molar-refractivity contribution in [2.75, 3.05) is 26.2 Å². The molecule has 1 aromatic rings. The van der Waals surface area contributed by atoms with E-state index in [2.05, 4.69) is 21.2 Å². The smallest absolute Gasteiger partial charge is 0.251 e. The number of amides is 1. The molecular weight excluding hydrogens is 322 g/mol. The van der Waals surface area contributed by atoms with E-state index in [0.29, 0.717) is 13.1 Å². The molecule has 1 N–H and O–H groups in total. The highest BCUT2D eigenvalue weighted by molar-refractivity contribution is 9.10. The number of nitrogens with one attached hydrogen (secondary N) is 1. The Bertz CT molecular complexity index is 535. The van der Waals surface area contributed by atoms with E-state index in [-0.39, 0.29) is 17.4 Å². The molecule has 1 unspecified atom stereocenters. The molecule has 1 aromatic heterocycles. The average molecular weight is 342 g/mol. The maximum Gasteiger partial charge on any atom is 0.251 e. The maximum atomic E-state index is 12.7. The Morgan fingerprint density at radius 3 is 2.55 bits per heavy atom. The van der Waals surface area contributed by atoms with E-state index >= 15 is 0 Å². The van der Waals surface area contributed by atoms with E-state index in [1.165, 1.54) is 6.07 Å². The molecule has 0 aliphatic carbocycles. The molecule has 1 amide bonds. The lowest BCUT2D eigenvalue weighted by molar-refractivity contribution is -0.136. The molecule has 0 bridgehead atoms. The topological polar surface area (TPSA) is 54.3 Å². The molecule has 1 saturated heterocycles. The molecule has 0 spiro atoms. The number of nitrogens with zero attached hydrogens (tertiary/aromatic N) is 2. The number of rotatable bonds is 3. The molecule has 2 rings (SSSR count). The molecule has 0 radical (unpaired) electrons. The zero-order valence-corrected chi connectivity index (χ0v) is 13.4. The Labute approximate surface area is 127 Å². The van der Waals surface area contributed by atoms with Crippen molar-refractivity contribution in [1.29, 1.82) is 0 Å². The fourth-order valence-electron chi connectivity index (χ4n) is 2.49. The minimum Gasteiger partial charge on any atom is -0.338 e. The third-order valence-electron chi connectivity index (χ3n) is 3.51. The zero-order chi connectivity index (χ0) is 14.7. The standard InChI is InChI=1S/C14H20BrN3O2/c1-10(2)13(14(20)17-7-5-16-6-8-17)18-9-11(15)3-4-12(18)19/h3-4,9-10,13,16H,5-8H2,1-2H3. The summed E-state index contributed by atoms with van der Waals surface area (Å²) >= 11 is 3.36. The van der Waals surface area contributed by atoms with Crippen LogP contribution in [0.2, 0.25) is 0 Å². The number of hydrogen-bond acceptors (Lipinski definition) is 3. The van der Waals surface area contributed by atoms with Crippen LogP contribution in [-0.4, -0.2) is 41.6 Å². The monoisotopic (exact) mass is 341 g/mol. The molecule has 5 nitrogen and oxygen atoms in total. The van der Waals surface area contributed by atoms with Crippen LogP contribution < -0.4 is 10.9 Å². The fourth-order valence-corrected chi connectivity index (χ4v) is 2.84. The maximum absolute atomic E-state index is 12.7. The van der Waals surface area contributed by atoms with Crippen molar-refractivity contribution in [1.82, 2.24) is 14.8 Å². The lowest BCUT2D eigenvalue weighted by Crippen LogP contribution is -2.50. The first-order valence-corrected chi connectivity index (χ1v) is 7.67. The van der Waals surface area contributed by atoms with Crippen LogP contribution in [0.4, 0.5) is 0 Å². The summed E-state index contributed by atoms with van der Waals surface area (Å²) in [6.07, 6.45) is 1.70. The molecular formula is C14H20BrN3O2. The molecule has 0 saturated carbocycles. The number of carbonyl (C=O) groups excluding carboxylic acids is 1. The molecule has 1 aliphatic heterocycles. The highest BCUT2D eigenvalue weighted by atomic mass is 79.9. The Morgan fingerprint density at radius 2 is 1.95 bits per heavy atom. The van der Waals surface area contributed by atoms with Crippen LogP contribution in [0.25, 0.3) is 0 Å². The normalized spacial score (nSPS) is 17.3. The Hall–Kier alpha value is -1.14. The minimum absolute atomic E-state index is 0.0294. The van der Waals surface area contributed by atoms with Gasteiger partial charge in [-0.05, 0) is 27.9 Å². The molecule has 1 atom stereocenters. The van der Waals surface area contributed by atoms with Crippen LogP contribution in [0, 0.1) is 5.92 Å². The quantitative estimate of drug-likeness (QED) is 0.899. The van der Waals surface area contributed by atoms with Crippen molar-refractivity contribution in [3.8, 4) is 0 Å². The summed E-state index contributed by atoms with van der Waals surface area (Å²) in [5.41, 5.74) is -0.143. The first-order valence-electron chi connectivity index (χ1n) is 6.88. The van der Waals surface area contributed by atoms with E-state index in [4.69, 9.17) is 0 Å². The second-order valence-corrected chi connectivity index (χ2v) is 6.27. The second kappa shape index (κ2) is 6.54. The van der Waals surface area contributed by atoms with Gasteiger partial charge in [-0.15, -0.1) is 0 Å². The first kappa shape index (κ1) is 15.3. The van der Waals surface area contributed by atoms with Gasteiger partial charge in [0.1, 0.15) is 6.04 Å². The van der Waals surface area contributed by atoms with Gasteiger partial charge in [0.25, 0.3) is 5.56 Å².